The maximum absolute atomic E-state index is 10.7. The molecule has 8 nitrogen and oxygen atoms in total. The smallest absolute Gasteiger partial charge is 0.326 e. The van der Waals surface area contributed by atoms with Gasteiger partial charge in [0, 0.05) is 14.1 Å². The molecule has 1 saturated heterocycles. The van der Waals surface area contributed by atoms with Gasteiger partial charge in [-0.1, -0.05) is 29.7 Å². The van der Waals surface area contributed by atoms with E-state index in [0.29, 0.717) is 0 Å². The number of nitrogens with zero attached hydrogens (tertiary/aromatic N) is 2. The van der Waals surface area contributed by atoms with Gasteiger partial charge in [-0.25, -0.2) is 4.79 Å². The van der Waals surface area contributed by atoms with Gasteiger partial charge in [-0.3, -0.25) is 19.3 Å². The van der Waals surface area contributed by atoms with E-state index < -0.39 is 11.9 Å². The van der Waals surface area contributed by atoms with Crippen LogP contribution in [0.15, 0.2) is 0 Å². The van der Waals surface area contributed by atoms with Crippen molar-refractivity contribution in [2.45, 2.75) is 36.1 Å². The summed E-state index contributed by atoms with van der Waals surface area (Å²) in [6.45, 7) is 0.218. The predicted octanol–water partition coefficient (Wildman–Crippen LogP) is 1.78. The minimum absolute atomic E-state index is 0. The average Bonchev–Trinajstić information content (AvgIpc) is 2.56. The maximum Gasteiger partial charge on any atom is 0.326 e. The Morgan fingerprint density at radius 3 is 1.45 bits per heavy atom. The van der Waals surface area contributed by atoms with E-state index in [-0.39, 0.29) is 54.6 Å². The Kier molecular flexibility index (Phi) is 22.2. The van der Waals surface area contributed by atoms with Gasteiger partial charge < -0.3 is 14.4 Å². The number of methoxy groups -OCH3 is 2. The molecule has 3 amide bonds. The average molecular weight is 324 g/mol. The van der Waals surface area contributed by atoms with E-state index in [1.165, 1.54) is 26.2 Å². The molecule has 1 aliphatic rings. The maximum atomic E-state index is 10.7. The summed E-state index contributed by atoms with van der Waals surface area (Å²) in [6.07, 6.45) is -0.312. The molecule has 1 aliphatic heterocycles. The zero-order valence-corrected chi connectivity index (χ0v) is 10.8. The van der Waals surface area contributed by atoms with Crippen molar-refractivity contribution in [1.82, 2.24) is 9.80 Å². The summed E-state index contributed by atoms with van der Waals surface area (Å²) in [6, 6.07) is -0.222. The van der Waals surface area contributed by atoms with E-state index in [1.807, 2.05) is 0 Å². The standard InChI is InChI=1S/C5H8N2O2.C5H8O4.4CH4/c1-6-3-4(8)7(2)5(6)9;1-8-4(6)3-5(7)9-2;;;;/h2*3H2,1-2H3;4*1H4. The van der Waals surface area contributed by atoms with Gasteiger partial charge in [-0.15, -0.1) is 0 Å². The second-order valence-electron chi connectivity index (χ2n) is 3.42. The van der Waals surface area contributed by atoms with Gasteiger partial charge in [-0.05, 0) is 0 Å². The van der Waals surface area contributed by atoms with Crippen LogP contribution in [0.25, 0.3) is 0 Å². The lowest BCUT2D eigenvalue weighted by Gasteiger charge is -2.05. The molecule has 0 radical (unpaired) electrons. The highest BCUT2D eigenvalue weighted by Crippen LogP contribution is 2.02. The number of esters is 2. The monoisotopic (exact) mass is 324 g/mol. The predicted molar refractivity (Wildman–Crippen MR) is 86.4 cm³/mol. The lowest BCUT2D eigenvalue weighted by Crippen LogP contribution is -2.27. The minimum atomic E-state index is -0.582. The number of ether oxygens (including phenoxy) is 2. The number of likely N-dealkylation sites (N-methyl/N-ethyl adjacent to an activating group) is 2. The quantitative estimate of drug-likeness (QED) is 0.436. The number of hydrogen-bond acceptors (Lipinski definition) is 6. The fraction of sp³-hybridized carbons (Fsp3) is 0.714. The van der Waals surface area contributed by atoms with Gasteiger partial charge in [0.25, 0.3) is 0 Å². The van der Waals surface area contributed by atoms with Crippen molar-refractivity contribution >= 4 is 23.9 Å². The molecule has 0 saturated carbocycles. The molecule has 0 atom stereocenters. The molecule has 0 N–H and O–H groups in total. The molecule has 0 aromatic rings. The van der Waals surface area contributed by atoms with Crippen LogP contribution in [-0.4, -0.2) is 68.5 Å². The molecule has 0 aromatic heterocycles. The Morgan fingerprint density at radius 2 is 1.32 bits per heavy atom. The van der Waals surface area contributed by atoms with Crippen molar-refractivity contribution in [1.29, 1.82) is 0 Å². The van der Waals surface area contributed by atoms with E-state index in [9.17, 15) is 19.2 Å². The SMILES string of the molecule is C.C.C.C.CN1CC(=O)N(C)C1=O.COC(=O)CC(=O)OC. The van der Waals surface area contributed by atoms with Crippen LogP contribution in [0.4, 0.5) is 4.79 Å². The van der Waals surface area contributed by atoms with E-state index in [1.54, 1.807) is 7.05 Å². The third kappa shape index (κ3) is 10.6. The molecular weight excluding hydrogens is 292 g/mol. The molecule has 0 spiro atoms. The minimum Gasteiger partial charge on any atom is -0.469 e. The van der Waals surface area contributed by atoms with Crippen LogP contribution in [0, 0.1) is 0 Å². The first-order chi connectivity index (χ1) is 8.33. The topological polar surface area (TPSA) is 93.2 Å². The van der Waals surface area contributed by atoms with Crippen molar-refractivity contribution in [3.05, 3.63) is 0 Å². The van der Waals surface area contributed by atoms with Crippen molar-refractivity contribution in [3.8, 4) is 0 Å². The Bertz CT molecular complexity index is 343. The summed E-state index contributed by atoms with van der Waals surface area (Å²) in [5.41, 5.74) is 0. The Hall–Kier alpha value is -2.12. The molecule has 1 fully saturated rings. The molecule has 1 rings (SSSR count). The number of hydrogen-bond donors (Lipinski definition) is 0. The van der Waals surface area contributed by atoms with Crippen LogP contribution in [0.2, 0.25) is 0 Å². The second kappa shape index (κ2) is 15.3. The number of amides is 3. The third-order valence-corrected chi connectivity index (χ3v) is 2.10. The summed E-state index contributed by atoms with van der Waals surface area (Å²) < 4.78 is 8.37. The number of carbonyl (C=O) groups is 4. The summed E-state index contributed by atoms with van der Waals surface area (Å²) in [5, 5.41) is 0. The zero-order valence-electron chi connectivity index (χ0n) is 10.8. The van der Waals surface area contributed by atoms with E-state index in [2.05, 4.69) is 9.47 Å². The van der Waals surface area contributed by atoms with Gasteiger partial charge in [0.1, 0.15) is 13.0 Å². The molecule has 8 heteroatoms. The molecule has 22 heavy (non-hydrogen) atoms. The summed E-state index contributed by atoms with van der Waals surface area (Å²) in [4.78, 5) is 44.4. The molecule has 0 aromatic carbocycles. The summed E-state index contributed by atoms with van der Waals surface area (Å²) >= 11 is 0. The van der Waals surface area contributed by atoms with Crippen molar-refractivity contribution in [2.75, 3.05) is 34.9 Å². The largest absolute Gasteiger partial charge is 0.469 e. The number of carbonyl (C=O) groups excluding carboxylic acids is 4. The lowest BCUT2D eigenvalue weighted by molar-refractivity contribution is -0.151. The fourth-order valence-electron chi connectivity index (χ4n) is 1.00. The van der Waals surface area contributed by atoms with Crippen molar-refractivity contribution in [3.63, 3.8) is 0 Å². The zero-order chi connectivity index (χ0) is 14.3. The van der Waals surface area contributed by atoms with Crippen molar-refractivity contribution < 1.29 is 28.7 Å². The van der Waals surface area contributed by atoms with Crippen LogP contribution in [0.1, 0.15) is 36.1 Å². The number of rotatable bonds is 2. The Balaban J connectivity index is -0.0000000741. The van der Waals surface area contributed by atoms with Gasteiger partial charge >= 0.3 is 18.0 Å². The molecule has 1 heterocycles. The van der Waals surface area contributed by atoms with Gasteiger partial charge in [0.2, 0.25) is 5.91 Å². The fourth-order valence-corrected chi connectivity index (χ4v) is 1.00. The first kappa shape index (κ1) is 32.0. The third-order valence-electron chi connectivity index (χ3n) is 2.10. The van der Waals surface area contributed by atoms with Crippen LogP contribution >= 0.6 is 0 Å². The van der Waals surface area contributed by atoms with Crippen molar-refractivity contribution in [2.24, 2.45) is 0 Å². The highest BCUT2D eigenvalue weighted by molar-refractivity contribution is 6.01. The first-order valence-electron chi connectivity index (χ1n) is 4.98. The number of urea groups is 1. The second-order valence-corrected chi connectivity index (χ2v) is 3.42. The molecule has 0 unspecified atom stereocenters. The number of imide groups is 1. The highest BCUT2D eigenvalue weighted by atomic mass is 16.5. The molecular formula is C14H32N2O6. The van der Waals surface area contributed by atoms with Gasteiger partial charge in [0.15, 0.2) is 0 Å². The van der Waals surface area contributed by atoms with Crippen LogP contribution in [0.3, 0.4) is 0 Å². The van der Waals surface area contributed by atoms with Crippen LogP contribution < -0.4 is 0 Å². The summed E-state index contributed by atoms with van der Waals surface area (Å²) in [5.74, 6) is -1.30. The first-order valence-corrected chi connectivity index (χ1v) is 4.98. The molecule has 0 bridgehead atoms. The Morgan fingerprint density at radius 1 is 0.955 bits per heavy atom. The Labute approximate surface area is 134 Å². The molecule has 134 valence electrons. The van der Waals surface area contributed by atoms with E-state index in [0.717, 1.165) is 4.90 Å². The van der Waals surface area contributed by atoms with Crippen LogP contribution in [0.5, 0.6) is 0 Å². The summed E-state index contributed by atoms with van der Waals surface area (Å²) in [7, 11) is 5.51. The van der Waals surface area contributed by atoms with E-state index in [4.69, 9.17) is 0 Å². The molecule has 0 aliphatic carbocycles. The van der Waals surface area contributed by atoms with E-state index >= 15 is 0 Å². The van der Waals surface area contributed by atoms with Gasteiger partial charge in [0.05, 0.1) is 14.2 Å². The van der Waals surface area contributed by atoms with Gasteiger partial charge in [-0.2, -0.15) is 0 Å². The van der Waals surface area contributed by atoms with Crippen LogP contribution in [-0.2, 0) is 23.9 Å². The highest BCUT2D eigenvalue weighted by Gasteiger charge is 2.29. The lowest BCUT2D eigenvalue weighted by atomic mass is 10.4. The normalized spacial score (nSPS) is 11.5.